The van der Waals surface area contributed by atoms with Gasteiger partial charge in [0.15, 0.2) is 27.7 Å². The van der Waals surface area contributed by atoms with Crippen molar-refractivity contribution in [1.82, 2.24) is 39.5 Å². The highest BCUT2D eigenvalue weighted by molar-refractivity contribution is 6.32. The minimum atomic E-state index is -0.643. The minimum Gasteiger partial charge on any atom is -0.488 e. The Hall–Kier alpha value is -4.70. The summed E-state index contributed by atoms with van der Waals surface area (Å²) in [5.74, 6) is 1.28. The van der Waals surface area contributed by atoms with Crippen molar-refractivity contribution in [1.29, 1.82) is 0 Å². The Kier molecular flexibility index (Phi) is 19.3. The average Bonchev–Trinajstić information content (AvgIpc) is 3.41. The van der Waals surface area contributed by atoms with E-state index in [4.69, 9.17) is 68.3 Å². The SMILES string of the molecule is CCOc1c(NCc2nc(Cl)c(N3CCN(C4CCN(Cc5ccc(Cl)cc5F)CC4)[C@@H](CC)C3)nc2N)c(=O)c1=O.CC[C@H]1CN(c2nc(N)c(CN)nc2Cl)CCN1C1CCN(Cc2ccc(Cl)cc2F)CC1. The number of nitrogens with one attached hydrogen (secondary N) is 1. The molecule has 0 saturated carbocycles. The van der Waals surface area contributed by atoms with Gasteiger partial charge in [0.25, 0.3) is 10.9 Å². The average molecular weight is 1120 g/mol. The highest BCUT2D eigenvalue weighted by Gasteiger charge is 2.36. The van der Waals surface area contributed by atoms with E-state index in [9.17, 15) is 18.4 Å². The van der Waals surface area contributed by atoms with Crippen molar-refractivity contribution in [3.05, 3.63) is 111 Å². The zero-order chi connectivity index (χ0) is 53.5. The zero-order valence-corrected chi connectivity index (χ0v) is 45.8. The second-order valence-electron chi connectivity index (χ2n) is 19.7. The lowest BCUT2D eigenvalue weighted by Gasteiger charge is -2.47. The molecule has 0 unspecified atom stereocenters. The summed E-state index contributed by atoms with van der Waals surface area (Å²) in [5, 5.41) is 4.34. The third kappa shape index (κ3) is 13.4. The number of rotatable bonds is 16. The van der Waals surface area contributed by atoms with Gasteiger partial charge >= 0.3 is 0 Å². The molecular formula is C52H68Cl4F2N14O3. The third-order valence-corrected chi connectivity index (χ3v) is 16.1. The Morgan fingerprint density at radius 1 is 0.640 bits per heavy atom. The third-order valence-electron chi connectivity index (χ3n) is 15.1. The molecule has 4 fully saturated rings. The lowest BCUT2D eigenvalue weighted by molar-refractivity contribution is 0.0607. The number of piperazine rings is 2. The molecule has 0 spiro atoms. The summed E-state index contributed by atoms with van der Waals surface area (Å²) in [7, 11) is 0. The molecule has 17 nitrogen and oxygen atoms in total. The number of benzene rings is 2. The molecule has 0 radical (unpaired) electrons. The highest BCUT2D eigenvalue weighted by Crippen LogP contribution is 2.33. The molecule has 4 aliphatic rings. The molecule has 406 valence electrons. The quantitative estimate of drug-likeness (QED) is 0.0721. The van der Waals surface area contributed by atoms with Crippen LogP contribution in [-0.2, 0) is 26.2 Å². The first-order chi connectivity index (χ1) is 36.1. The van der Waals surface area contributed by atoms with Crippen LogP contribution < -0.4 is 47.9 Å². The van der Waals surface area contributed by atoms with Gasteiger partial charge in [-0.1, -0.05) is 72.4 Å². The number of likely N-dealkylation sites (tertiary alicyclic amines) is 2. The molecule has 75 heavy (non-hydrogen) atoms. The van der Waals surface area contributed by atoms with E-state index in [1.807, 2.05) is 0 Å². The van der Waals surface area contributed by atoms with E-state index in [2.05, 4.69) is 68.5 Å². The van der Waals surface area contributed by atoms with Gasteiger partial charge in [-0.2, -0.15) is 0 Å². The van der Waals surface area contributed by atoms with Crippen LogP contribution in [0.25, 0.3) is 0 Å². The van der Waals surface area contributed by atoms with E-state index >= 15 is 0 Å². The number of hydrogen-bond donors (Lipinski definition) is 4. The Labute approximate surface area is 457 Å². The minimum absolute atomic E-state index is 0.0290. The van der Waals surface area contributed by atoms with Crippen LogP contribution in [0.2, 0.25) is 20.4 Å². The fourth-order valence-corrected chi connectivity index (χ4v) is 11.8. The molecule has 2 atom stereocenters. The summed E-state index contributed by atoms with van der Waals surface area (Å²) in [6, 6.07) is 11.5. The smallest absolute Gasteiger partial charge is 0.272 e. The van der Waals surface area contributed by atoms with Crippen molar-refractivity contribution in [2.24, 2.45) is 5.73 Å². The maximum Gasteiger partial charge on any atom is 0.272 e. The first-order valence-electron chi connectivity index (χ1n) is 26.0. The molecule has 9 rings (SSSR count). The van der Waals surface area contributed by atoms with E-state index in [1.54, 1.807) is 31.2 Å². The highest BCUT2D eigenvalue weighted by atomic mass is 35.5. The molecule has 0 aliphatic carbocycles. The van der Waals surface area contributed by atoms with Crippen LogP contribution in [-0.4, -0.2) is 136 Å². The number of ether oxygens (including phenoxy) is 1. The van der Waals surface area contributed by atoms with Crippen LogP contribution in [0.5, 0.6) is 5.75 Å². The lowest BCUT2D eigenvalue weighted by Crippen LogP contribution is -2.58. The molecule has 4 aliphatic heterocycles. The fraction of sp³-hybridized carbons (Fsp3) is 0.538. The normalized spacial score (nSPS) is 19.9. The first-order valence-corrected chi connectivity index (χ1v) is 27.5. The van der Waals surface area contributed by atoms with E-state index in [-0.39, 0.29) is 53.7 Å². The van der Waals surface area contributed by atoms with Crippen LogP contribution in [0.15, 0.2) is 46.0 Å². The molecule has 6 heterocycles. The predicted molar refractivity (Wildman–Crippen MR) is 296 cm³/mol. The molecule has 0 bridgehead atoms. The van der Waals surface area contributed by atoms with Crippen LogP contribution in [0.4, 0.5) is 37.7 Å². The van der Waals surface area contributed by atoms with Gasteiger partial charge in [0.1, 0.15) is 34.7 Å². The largest absolute Gasteiger partial charge is 0.488 e. The van der Waals surface area contributed by atoms with Gasteiger partial charge in [0.2, 0.25) is 0 Å². The summed E-state index contributed by atoms with van der Waals surface area (Å²) in [5.41, 5.74) is 19.1. The van der Waals surface area contributed by atoms with Crippen LogP contribution in [0, 0.1) is 11.6 Å². The number of anilines is 5. The second kappa shape index (κ2) is 25.6. The van der Waals surface area contributed by atoms with Gasteiger partial charge in [-0.15, -0.1) is 0 Å². The second-order valence-corrected chi connectivity index (χ2v) is 21.3. The number of nitrogens with zero attached hydrogens (tertiary/aromatic N) is 10. The van der Waals surface area contributed by atoms with Crippen molar-refractivity contribution in [3.8, 4) is 5.75 Å². The summed E-state index contributed by atoms with van der Waals surface area (Å²) in [4.78, 5) is 55.7. The lowest BCUT2D eigenvalue weighted by atomic mass is 9.98. The number of nitrogen functional groups attached to an aromatic ring is 2. The molecule has 5 aromatic rings. The van der Waals surface area contributed by atoms with Gasteiger partial charge in [0.05, 0.1) is 18.8 Å². The summed E-state index contributed by atoms with van der Waals surface area (Å²) >= 11 is 24.8. The van der Waals surface area contributed by atoms with Crippen LogP contribution in [0.3, 0.4) is 0 Å². The van der Waals surface area contributed by atoms with Gasteiger partial charge in [0, 0.05) is 104 Å². The molecular weight excluding hydrogens is 1050 g/mol. The number of piperidine rings is 2. The molecule has 23 heteroatoms. The van der Waals surface area contributed by atoms with Gasteiger partial charge in [-0.25, -0.2) is 28.7 Å². The van der Waals surface area contributed by atoms with E-state index in [1.165, 1.54) is 12.1 Å². The van der Waals surface area contributed by atoms with E-state index in [0.717, 1.165) is 104 Å². The summed E-state index contributed by atoms with van der Waals surface area (Å²) in [6.07, 6.45) is 6.20. The van der Waals surface area contributed by atoms with E-state index < -0.39 is 10.9 Å². The maximum atomic E-state index is 14.3. The predicted octanol–water partition coefficient (Wildman–Crippen LogP) is 7.21. The van der Waals surface area contributed by atoms with Gasteiger partial charge in [-0.3, -0.25) is 29.2 Å². The van der Waals surface area contributed by atoms with Crippen LogP contribution in [0.1, 0.15) is 81.8 Å². The van der Waals surface area contributed by atoms with Crippen molar-refractivity contribution < 1.29 is 13.5 Å². The Balaban J connectivity index is 0.000000205. The number of nitrogens with two attached hydrogens (primary N) is 3. The zero-order valence-electron chi connectivity index (χ0n) is 42.8. The molecule has 0 amide bonds. The maximum absolute atomic E-state index is 14.3. The van der Waals surface area contributed by atoms with Gasteiger partial charge < -0.3 is 37.1 Å². The van der Waals surface area contributed by atoms with Crippen molar-refractivity contribution in [3.63, 3.8) is 0 Å². The fourth-order valence-electron chi connectivity index (χ4n) is 11.0. The number of hydrogen-bond acceptors (Lipinski definition) is 17. The Bertz CT molecular complexity index is 2830. The molecule has 7 N–H and O–H groups in total. The summed E-state index contributed by atoms with van der Waals surface area (Å²) in [6.45, 7) is 16.6. The number of aromatic nitrogens is 4. The Morgan fingerprint density at radius 2 is 1.09 bits per heavy atom. The monoisotopic (exact) mass is 1110 g/mol. The van der Waals surface area contributed by atoms with Gasteiger partial charge in [-0.05, 0) is 95.9 Å². The molecule has 4 saturated heterocycles. The topological polar surface area (TPSA) is 204 Å². The van der Waals surface area contributed by atoms with E-state index in [0.29, 0.717) is 92.4 Å². The Morgan fingerprint density at radius 3 is 1.52 bits per heavy atom. The standard InChI is InChI=1S/C29H36Cl2FN7O3.C23H32Cl2FN7/c1-3-19-16-38(11-12-39(19)20-7-9-37(10-8-20)15-17-5-6-18(30)13-21(17)32)29-27(31)35-22(28(33)36-29)14-34-23-24(40)25(41)26(23)42-4-2;1-2-17-14-32(23-21(25)29-20(12-27)22(28)30-23)9-10-33(17)18-5-7-31(8-6-18)13-15-3-4-16(24)11-19(15)26/h5-6,13,19-20,34H,3-4,7-12,14-16H2,1-2H3,(H2,33,36);3-4,11,17-18H,2,5-10,12-14,27H2,1H3,(H2,28,30)/t19-;17-/m00/s1. The van der Waals surface area contributed by atoms with Crippen LogP contribution >= 0.6 is 46.4 Å². The molecule has 3 aromatic carbocycles. The van der Waals surface area contributed by atoms with Crippen molar-refractivity contribution >= 4 is 75.4 Å². The first kappa shape index (κ1) is 56.5. The summed E-state index contributed by atoms with van der Waals surface area (Å²) < 4.78 is 33.7. The van der Waals surface area contributed by atoms with Crippen molar-refractivity contribution in [2.75, 3.05) is 98.6 Å². The number of halogens is 6. The van der Waals surface area contributed by atoms with Crippen molar-refractivity contribution in [2.45, 2.75) is 110 Å². The molecule has 2 aromatic heterocycles.